The first-order valence-corrected chi connectivity index (χ1v) is 15.1. The number of hydrogen-bond acceptors (Lipinski definition) is 4. The highest BCUT2D eigenvalue weighted by molar-refractivity contribution is 6.86. The molecule has 0 bridgehead atoms. The van der Waals surface area contributed by atoms with Crippen molar-refractivity contribution in [3.05, 3.63) is 0 Å². The molecule has 0 atom stereocenters. The van der Waals surface area contributed by atoms with Crippen molar-refractivity contribution in [2.75, 3.05) is 26.4 Å². The summed E-state index contributed by atoms with van der Waals surface area (Å²) in [4.78, 5) is 0. The fraction of sp³-hybridized carbons (Fsp3) is 1.00. The van der Waals surface area contributed by atoms with Crippen molar-refractivity contribution >= 4 is 17.1 Å². The Morgan fingerprint density at radius 1 is 0.440 bits per heavy atom. The van der Waals surface area contributed by atoms with E-state index >= 15 is 0 Å². The van der Waals surface area contributed by atoms with Crippen LogP contribution in [0, 0.1) is 0 Å². The van der Waals surface area contributed by atoms with Crippen LogP contribution < -0.4 is 0 Å². The Labute approximate surface area is 159 Å². The van der Waals surface area contributed by atoms with Crippen LogP contribution in [-0.2, 0) is 17.7 Å². The molecule has 0 fully saturated rings. The molecule has 0 saturated heterocycles. The summed E-state index contributed by atoms with van der Waals surface area (Å²) in [7, 11) is -4.60. The third-order valence-corrected chi connectivity index (χ3v) is 13.8. The van der Waals surface area contributed by atoms with Gasteiger partial charge >= 0.3 is 17.1 Å². The zero-order chi connectivity index (χ0) is 19.0. The van der Waals surface area contributed by atoms with Gasteiger partial charge in [0.05, 0.1) is 0 Å². The zero-order valence-electron chi connectivity index (χ0n) is 17.8. The Kier molecular flexibility index (Phi) is 15.5. The molecule has 0 aromatic carbocycles. The number of rotatable bonds is 18. The van der Waals surface area contributed by atoms with Gasteiger partial charge in [-0.1, -0.05) is 54.4 Å². The molecular formula is C19H44O4Si2. The largest absolute Gasteiger partial charge is 0.394 e. The van der Waals surface area contributed by atoms with E-state index in [0.29, 0.717) is 0 Å². The molecule has 0 aliphatic rings. The average molecular weight is 393 g/mol. The van der Waals surface area contributed by atoms with Crippen LogP contribution in [-0.4, -0.2) is 43.5 Å². The summed E-state index contributed by atoms with van der Waals surface area (Å²) in [5.41, 5.74) is 0.918. The molecule has 0 unspecified atom stereocenters. The minimum Gasteiger partial charge on any atom is -0.394 e. The first kappa shape index (κ1) is 25.3. The lowest BCUT2D eigenvalue weighted by molar-refractivity contribution is 0.147. The maximum absolute atomic E-state index is 6.47. The first-order valence-electron chi connectivity index (χ1n) is 10.6. The van der Waals surface area contributed by atoms with E-state index in [4.69, 9.17) is 17.7 Å². The second-order valence-corrected chi connectivity index (χ2v) is 14.1. The van der Waals surface area contributed by atoms with Crippen LogP contribution in [0.15, 0.2) is 0 Å². The van der Waals surface area contributed by atoms with Crippen molar-refractivity contribution in [1.82, 2.24) is 0 Å². The van der Waals surface area contributed by atoms with Crippen LogP contribution in [0.2, 0.25) is 17.8 Å². The minimum absolute atomic E-state index is 0.786. The molecule has 6 heteroatoms. The molecule has 4 nitrogen and oxygen atoms in total. The lowest BCUT2D eigenvalue weighted by atomic mass is 10.5. The van der Waals surface area contributed by atoms with Gasteiger partial charge in [-0.3, -0.25) is 0 Å². The number of hydrogen-bond donors (Lipinski definition) is 0. The standard InChI is InChI=1S/C19H44O4Si2/c1-7-13-20-24(17-11-5,21-14-8-2)19-25(18-12-6,22-15-9-3)23-16-10-4/h7-19H2,1-6H3. The molecule has 0 rings (SSSR count). The Morgan fingerprint density at radius 3 is 0.920 bits per heavy atom. The lowest BCUT2D eigenvalue weighted by Crippen LogP contribution is -2.55. The van der Waals surface area contributed by atoms with E-state index < -0.39 is 17.1 Å². The van der Waals surface area contributed by atoms with Crippen molar-refractivity contribution in [2.24, 2.45) is 0 Å². The molecule has 0 radical (unpaired) electrons. The Balaban J connectivity index is 5.52. The second kappa shape index (κ2) is 15.3. The third kappa shape index (κ3) is 10.3. The van der Waals surface area contributed by atoms with E-state index in [9.17, 15) is 0 Å². The summed E-state index contributed by atoms with van der Waals surface area (Å²) < 4.78 is 25.9. The second-order valence-electron chi connectivity index (χ2n) is 6.89. The summed E-state index contributed by atoms with van der Waals surface area (Å²) in [6.45, 7) is 16.3. The molecule has 0 aromatic heterocycles. The quantitative estimate of drug-likeness (QED) is 0.271. The van der Waals surface area contributed by atoms with E-state index in [2.05, 4.69) is 41.5 Å². The Morgan fingerprint density at radius 2 is 0.720 bits per heavy atom. The SMILES string of the molecule is CCCO[Si](CCC)(C[Si](CCC)(OCCC)OCCC)OCCC. The molecule has 0 heterocycles. The van der Waals surface area contributed by atoms with Crippen LogP contribution >= 0.6 is 0 Å². The van der Waals surface area contributed by atoms with Crippen LogP contribution in [0.1, 0.15) is 80.1 Å². The van der Waals surface area contributed by atoms with Crippen LogP contribution in [0.25, 0.3) is 0 Å². The van der Waals surface area contributed by atoms with Gasteiger partial charge in [0, 0.05) is 32.1 Å². The van der Waals surface area contributed by atoms with Gasteiger partial charge in [-0.25, -0.2) is 0 Å². The van der Waals surface area contributed by atoms with Crippen LogP contribution in [0.4, 0.5) is 0 Å². The van der Waals surface area contributed by atoms with Crippen molar-refractivity contribution < 1.29 is 17.7 Å². The maximum Gasteiger partial charge on any atom is 0.340 e. The van der Waals surface area contributed by atoms with Crippen molar-refractivity contribution in [2.45, 2.75) is 97.8 Å². The molecule has 0 spiro atoms. The van der Waals surface area contributed by atoms with Gasteiger partial charge in [-0.05, 0) is 37.8 Å². The monoisotopic (exact) mass is 392 g/mol. The fourth-order valence-corrected chi connectivity index (χ4v) is 14.0. The predicted octanol–water partition coefficient (Wildman–Crippen LogP) is 5.94. The van der Waals surface area contributed by atoms with Crippen molar-refractivity contribution in [1.29, 1.82) is 0 Å². The lowest BCUT2D eigenvalue weighted by Gasteiger charge is -2.39. The van der Waals surface area contributed by atoms with Gasteiger partial charge < -0.3 is 17.7 Å². The van der Waals surface area contributed by atoms with Gasteiger partial charge in [-0.2, -0.15) is 0 Å². The summed E-state index contributed by atoms with van der Waals surface area (Å²) in [5, 5.41) is 0. The van der Waals surface area contributed by atoms with E-state index in [0.717, 1.165) is 82.7 Å². The summed E-state index contributed by atoms with van der Waals surface area (Å²) in [6, 6.07) is 2.08. The van der Waals surface area contributed by atoms with E-state index in [1.807, 2.05) is 0 Å². The summed E-state index contributed by atoms with van der Waals surface area (Å²) >= 11 is 0. The average Bonchev–Trinajstić information content (AvgIpc) is 2.61. The summed E-state index contributed by atoms with van der Waals surface area (Å²) in [5.74, 6) is 0. The van der Waals surface area contributed by atoms with E-state index in [-0.39, 0.29) is 0 Å². The molecule has 0 saturated carbocycles. The van der Waals surface area contributed by atoms with Crippen LogP contribution in [0.3, 0.4) is 0 Å². The van der Waals surface area contributed by atoms with E-state index in [1.165, 1.54) is 0 Å². The van der Waals surface area contributed by atoms with Gasteiger partial charge in [0.25, 0.3) is 0 Å². The van der Waals surface area contributed by atoms with Crippen molar-refractivity contribution in [3.8, 4) is 0 Å². The molecule has 0 aliphatic heterocycles. The van der Waals surface area contributed by atoms with E-state index in [1.54, 1.807) is 0 Å². The minimum atomic E-state index is -2.30. The van der Waals surface area contributed by atoms with Gasteiger partial charge in [0.1, 0.15) is 0 Å². The smallest absolute Gasteiger partial charge is 0.340 e. The molecule has 0 aromatic rings. The van der Waals surface area contributed by atoms with Gasteiger partial charge in [-0.15, -0.1) is 0 Å². The maximum atomic E-state index is 6.47. The first-order chi connectivity index (χ1) is 12.1. The van der Waals surface area contributed by atoms with Gasteiger partial charge in [0.15, 0.2) is 0 Å². The third-order valence-electron chi connectivity index (χ3n) is 4.08. The Bertz CT molecular complexity index is 259. The van der Waals surface area contributed by atoms with Crippen molar-refractivity contribution in [3.63, 3.8) is 0 Å². The normalized spacial score (nSPS) is 12.7. The highest BCUT2D eigenvalue weighted by atomic mass is 28.4. The molecule has 25 heavy (non-hydrogen) atoms. The highest BCUT2D eigenvalue weighted by Gasteiger charge is 2.50. The molecule has 0 aliphatic carbocycles. The zero-order valence-corrected chi connectivity index (χ0v) is 19.8. The summed E-state index contributed by atoms with van der Waals surface area (Å²) in [6.07, 6.45) is 6.31. The predicted molar refractivity (Wildman–Crippen MR) is 111 cm³/mol. The fourth-order valence-electron chi connectivity index (χ4n) is 3.08. The molecular weight excluding hydrogens is 348 g/mol. The van der Waals surface area contributed by atoms with Crippen LogP contribution in [0.5, 0.6) is 0 Å². The van der Waals surface area contributed by atoms with Gasteiger partial charge in [0.2, 0.25) is 0 Å². The topological polar surface area (TPSA) is 36.9 Å². The molecule has 0 amide bonds. The molecule has 152 valence electrons. The Hall–Kier alpha value is 0.274. The highest BCUT2D eigenvalue weighted by Crippen LogP contribution is 2.32. The molecule has 0 N–H and O–H groups in total.